The molecule has 210 valence electrons. The third-order valence-corrected chi connectivity index (χ3v) is 7.84. The number of H-pyrrole nitrogens is 1. The molecule has 0 unspecified atom stereocenters. The van der Waals surface area contributed by atoms with Crippen LogP contribution in [0.25, 0.3) is 10.9 Å². The number of hydrogen-bond acceptors (Lipinski definition) is 6. The van der Waals surface area contributed by atoms with Crippen LogP contribution in [0.2, 0.25) is 0 Å². The number of rotatable bonds is 6. The van der Waals surface area contributed by atoms with Gasteiger partial charge in [-0.15, -0.1) is 0 Å². The van der Waals surface area contributed by atoms with E-state index in [1.807, 2.05) is 23.1 Å². The highest BCUT2D eigenvalue weighted by atomic mass is 19.1. The van der Waals surface area contributed by atoms with Crippen LogP contribution in [0.4, 0.5) is 10.1 Å². The number of halogens is 1. The monoisotopic (exact) mass is 555 g/mol. The lowest BCUT2D eigenvalue weighted by atomic mass is 10.00. The van der Waals surface area contributed by atoms with Crippen LogP contribution in [-0.4, -0.2) is 87.3 Å². The SMILES string of the molecule is CN1CCN(CC(=O)N2Cc3ccc(N=C(c4ccc(F)cc4)c4c(O)[nH]c5cc(C(=O)O)ccc45)cc3C2)CC1. The molecule has 0 spiro atoms. The zero-order valence-electron chi connectivity index (χ0n) is 22.6. The maximum atomic E-state index is 13.8. The van der Waals surface area contributed by atoms with E-state index in [1.165, 1.54) is 24.3 Å². The molecular formula is C31H30FN5O4. The minimum absolute atomic E-state index is 0.0796. The third-order valence-electron chi connectivity index (χ3n) is 7.84. The molecule has 4 aromatic rings. The Bertz CT molecular complexity index is 1670. The summed E-state index contributed by atoms with van der Waals surface area (Å²) in [6.45, 7) is 5.12. The number of aromatic hydroxyl groups is 1. The van der Waals surface area contributed by atoms with Crippen molar-refractivity contribution in [3.05, 3.63) is 94.3 Å². The molecule has 1 aromatic heterocycles. The standard InChI is InChI=1S/C31H30FN5O4/c1-35-10-12-36(13-11-35)18-27(38)37-16-21-4-8-24(14-22(21)17-37)33-29(19-2-6-23(32)7-3-19)28-25-9-5-20(31(40)41)15-26(25)34-30(28)39/h2-9,14-15,34,39H,10-13,16-18H2,1H3,(H,40,41). The second kappa shape index (κ2) is 10.8. The van der Waals surface area contributed by atoms with Gasteiger partial charge in [-0.2, -0.15) is 0 Å². The first-order chi connectivity index (χ1) is 19.7. The summed E-state index contributed by atoms with van der Waals surface area (Å²) in [6, 6.07) is 16.1. The zero-order valence-corrected chi connectivity index (χ0v) is 22.6. The van der Waals surface area contributed by atoms with E-state index in [0.717, 1.165) is 37.3 Å². The third kappa shape index (κ3) is 5.44. The molecule has 1 amide bonds. The van der Waals surface area contributed by atoms with Crippen molar-refractivity contribution in [3.8, 4) is 5.88 Å². The van der Waals surface area contributed by atoms with Gasteiger partial charge in [-0.05, 0) is 66.7 Å². The molecule has 3 N–H and O–H groups in total. The van der Waals surface area contributed by atoms with E-state index < -0.39 is 11.8 Å². The van der Waals surface area contributed by atoms with Crippen LogP contribution in [0.15, 0.2) is 65.7 Å². The number of fused-ring (bicyclic) bond motifs is 2. The number of aromatic nitrogens is 1. The summed E-state index contributed by atoms with van der Waals surface area (Å²) in [5.74, 6) is -1.55. The van der Waals surface area contributed by atoms with E-state index >= 15 is 0 Å². The lowest BCUT2D eigenvalue weighted by Gasteiger charge is -2.32. The number of aromatic carboxylic acids is 1. The van der Waals surface area contributed by atoms with Crippen LogP contribution in [0.1, 0.15) is 32.6 Å². The first-order valence-electron chi connectivity index (χ1n) is 13.5. The number of carbonyl (C=O) groups excluding carboxylic acids is 1. The fourth-order valence-corrected chi connectivity index (χ4v) is 5.48. The number of carboxylic acid groups (broad SMARTS) is 1. The summed E-state index contributed by atoms with van der Waals surface area (Å²) < 4.78 is 13.8. The van der Waals surface area contributed by atoms with Crippen LogP contribution in [0.5, 0.6) is 5.88 Å². The molecule has 9 nitrogen and oxygen atoms in total. The predicted molar refractivity (Wildman–Crippen MR) is 153 cm³/mol. The molecule has 3 aromatic carbocycles. The second-order valence-electron chi connectivity index (χ2n) is 10.7. The van der Waals surface area contributed by atoms with E-state index in [9.17, 15) is 24.2 Å². The topological polar surface area (TPSA) is 112 Å². The molecule has 6 rings (SSSR count). The number of carbonyl (C=O) groups is 2. The first kappa shape index (κ1) is 26.7. The summed E-state index contributed by atoms with van der Waals surface area (Å²) in [5.41, 5.74) is 4.57. The van der Waals surface area contributed by atoms with Gasteiger partial charge in [-0.1, -0.05) is 12.1 Å². The van der Waals surface area contributed by atoms with Gasteiger partial charge in [-0.25, -0.2) is 14.2 Å². The van der Waals surface area contributed by atoms with E-state index in [4.69, 9.17) is 4.99 Å². The number of benzene rings is 3. The smallest absolute Gasteiger partial charge is 0.335 e. The molecule has 0 bridgehead atoms. The molecule has 0 saturated carbocycles. The summed E-state index contributed by atoms with van der Waals surface area (Å²) in [4.78, 5) is 38.6. The van der Waals surface area contributed by atoms with Gasteiger partial charge in [-0.3, -0.25) is 9.69 Å². The Morgan fingerprint density at radius 2 is 1.63 bits per heavy atom. The van der Waals surface area contributed by atoms with Crippen LogP contribution in [0.3, 0.4) is 0 Å². The van der Waals surface area contributed by atoms with Crippen molar-refractivity contribution >= 4 is 34.2 Å². The maximum Gasteiger partial charge on any atom is 0.335 e. The first-order valence-corrected chi connectivity index (χ1v) is 13.5. The predicted octanol–water partition coefficient (Wildman–Crippen LogP) is 3.97. The molecule has 2 aliphatic rings. The number of aliphatic imine (C=N–C) groups is 1. The Hall–Kier alpha value is -4.54. The Labute approximate surface area is 236 Å². The van der Waals surface area contributed by atoms with Crippen molar-refractivity contribution < 1.29 is 24.2 Å². The largest absolute Gasteiger partial charge is 0.494 e. The second-order valence-corrected chi connectivity index (χ2v) is 10.7. The van der Waals surface area contributed by atoms with Crippen LogP contribution >= 0.6 is 0 Å². The fourth-order valence-electron chi connectivity index (χ4n) is 5.48. The van der Waals surface area contributed by atoms with Crippen molar-refractivity contribution in [1.82, 2.24) is 19.7 Å². The molecule has 0 radical (unpaired) electrons. The molecule has 3 heterocycles. The number of likely N-dealkylation sites (N-methyl/N-ethyl adjacent to an activating group) is 1. The Morgan fingerprint density at radius 3 is 2.37 bits per heavy atom. The summed E-state index contributed by atoms with van der Waals surface area (Å²) in [7, 11) is 2.09. The number of hydrogen-bond donors (Lipinski definition) is 3. The maximum absolute atomic E-state index is 13.8. The van der Waals surface area contributed by atoms with Gasteiger partial charge in [0, 0.05) is 55.7 Å². The molecule has 1 fully saturated rings. The van der Waals surface area contributed by atoms with Crippen molar-refractivity contribution in [2.24, 2.45) is 4.99 Å². The van der Waals surface area contributed by atoms with Gasteiger partial charge < -0.3 is 25.0 Å². The van der Waals surface area contributed by atoms with Gasteiger partial charge in [0.15, 0.2) is 5.88 Å². The van der Waals surface area contributed by atoms with E-state index in [2.05, 4.69) is 21.8 Å². The minimum Gasteiger partial charge on any atom is -0.494 e. The van der Waals surface area contributed by atoms with Gasteiger partial charge in [0.25, 0.3) is 0 Å². The van der Waals surface area contributed by atoms with Gasteiger partial charge in [0.1, 0.15) is 5.82 Å². The molecular weight excluding hydrogens is 525 g/mol. The van der Waals surface area contributed by atoms with Crippen molar-refractivity contribution in [3.63, 3.8) is 0 Å². The average Bonchev–Trinajstić information content (AvgIpc) is 3.53. The number of nitrogens with one attached hydrogen (secondary N) is 1. The average molecular weight is 556 g/mol. The number of piperazine rings is 1. The molecule has 0 aliphatic carbocycles. The molecule has 2 aliphatic heterocycles. The summed E-state index contributed by atoms with van der Waals surface area (Å²) in [5, 5.41) is 20.9. The van der Waals surface area contributed by atoms with Crippen molar-refractivity contribution in [2.75, 3.05) is 39.8 Å². The van der Waals surface area contributed by atoms with Crippen LogP contribution in [-0.2, 0) is 17.9 Å². The van der Waals surface area contributed by atoms with Gasteiger partial charge >= 0.3 is 5.97 Å². The number of carboxylic acids is 1. The number of amides is 1. The Balaban J connectivity index is 1.32. The summed E-state index contributed by atoms with van der Waals surface area (Å²) in [6.07, 6.45) is 0. The highest BCUT2D eigenvalue weighted by molar-refractivity contribution is 6.22. The molecule has 10 heteroatoms. The van der Waals surface area contributed by atoms with E-state index in [0.29, 0.717) is 53.1 Å². The number of nitrogens with zero attached hydrogens (tertiary/aromatic N) is 4. The van der Waals surface area contributed by atoms with E-state index in [-0.39, 0.29) is 17.4 Å². The zero-order chi connectivity index (χ0) is 28.7. The lowest BCUT2D eigenvalue weighted by Crippen LogP contribution is -2.48. The van der Waals surface area contributed by atoms with Crippen LogP contribution in [0, 0.1) is 5.82 Å². The molecule has 0 atom stereocenters. The quantitative estimate of drug-likeness (QED) is 0.311. The summed E-state index contributed by atoms with van der Waals surface area (Å²) >= 11 is 0. The normalized spacial score (nSPS) is 16.3. The number of aromatic amines is 1. The van der Waals surface area contributed by atoms with Crippen molar-refractivity contribution in [1.29, 1.82) is 0 Å². The molecule has 1 saturated heterocycles. The van der Waals surface area contributed by atoms with Gasteiger partial charge in [0.05, 0.1) is 29.1 Å². The van der Waals surface area contributed by atoms with Crippen LogP contribution < -0.4 is 0 Å². The highest BCUT2D eigenvalue weighted by Gasteiger charge is 2.26. The Kier molecular flexibility index (Phi) is 7.02. The molecule has 41 heavy (non-hydrogen) atoms. The minimum atomic E-state index is -1.08. The lowest BCUT2D eigenvalue weighted by molar-refractivity contribution is -0.133. The Morgan fingerprint density at radius 1 is 0.927 bits per heavy atom. The highest BCUT2D eigenvalue weighted by Crippen LogP contribution is 2.33. The van der Waals surface area contributed by atoms with E-state index in [1.54, 1.807) is 18.2 Å². The van der Waals surface area contributed by atoms with Gasteiger partial charge in [0.2, 0.25) is 5.91 Å². The van der Waals surface area contributed by atoms with Crippen molar-refractivity contribution in [2.45, 2.75) is 13.1 Å². The fraction of sp³-hybridized carbons (Fsp3) is 0.258.